The first kappa shape index (κ1) is 15.9. The first-order chi connectivity index (χ1) is 9.95. The van der Waals surface area contributed by atoms with Crippen LogP contribution < -0.4 is 14.9 Å². The minimum Gasteiger partial charge on any atom is -0.320 e. The van der Waals surface area contributed by atoms with Crippen LogP contribution in [0.15, 0.2) is 23.1 Å². The van der Waals surface area contributed by atoms with Crippen LogP contribution in [-0.4, -0.2) is 41.0 Å². The SMILES string of the molecule is CNCCCNS(=O)(=O)c1ccc2c(c1)N(C(C)=O)CC2. The Morgan fingerprint density at radius 2 is 2.10 bits per heavy atom. The van der Waals surface area contributed by atoms with Gasteiger partial charge in [0.15, 0.2) is 0 Å². The molecule has 0 spiro atoms. The van der Waals surface area contributed by atoms with Gasteiger partial charge in [0.05, 0.1) is 4.90 Å². The van der Waals surface area contributed by atoms with E-state index in [9.17, 15) is 13.2 Å². The van der Waals surface area contributed by atoms with E-state index in [0.29, 0.717) is 18.8 Å². The molecule has 0 saturated carbocycles. The summed E-state index contributed by atoms with van der Waals surface area (Å²) in [6.07, 6.45) is 1.49. The molecule has 1 heterocycles. The molecule has 7 heteroatoms. The molecule has 21 heavy (non-hydrogen) atoms. The molecule has 1 amide bonds. The molecule has 0 saturated heterocycles. The lowest BCUT2D eigenvalue weighted by Crippen LogP contribution is -2.28. The summed E-state index contributed by atoms with van der Waals surface area (Å²) < 4.78 is 27.0. The van der Waals surface area contributed by atoms with Crippen LogP contribution in [0.4, 0.5) is 5.69 Å². The van der Waals surface area contributed by atoms with Crippen LogP contribution in [0.1, 0.15) is 18.9 Å². The van der Waals surface area contributed by atoms with Crippen molar-refractivity contribution in [1.82, 2.24) is 10.0 Å². The molecule has 2 N–H and O–H groups in total. The molecule has 0 aromatic heterocycles. The van der Waals surface area contributed by atoms with E-state index in [1.54, 1.807) is 23.1 Å². The summed E-state index contributed by atoms with van der Waals surface area (Å²) in [4.78, 5) is 13.4. The number of carbonyl (C=O) groups is 1. The van der Waals surface area contributed by atoms with Crippen LogP contribution >= 0.6 is 0 Å². The van der Waals surface area contributed by atoms with Gasteiger partial charge in [0.25, 0.3) is 0 Å². The molecule has 0 unspecified atom stereocenters. The fraction of sp³-hybridized carbons (Fsp3) is 0.500. The summed E-state index contributed by atoms with van der Waals surface area (Å²) in [6.45, 7) is 3.25. The Morgan fingerprint density at radius 3 is 2.76 bits per heavy atom. The average Bonchev–Trinajstić information content (AvgIpc) is 2.86. The first-order valence-corrected chi connectivity index (χ1v) is 8.49. The summed E-state index contributed by atoms with van der Waals surface area (Å²) in [5.74, 6) is -0.0646. The maximum Gasteiger partial charge on any atom is 0.240 e. The van der Waals surface area contributed by atoms with E-state index < -0.39 is 10.0 Å². The largest absolute Gasteiger partial charge is 0.320 e. The maximum atomic E-state index is 12.2. The van der Waals surface area contributed by atoms with Crippen molar-refractivity contribution in [1.29, 1.82) is 0 Å². The van der Waals surface area contributed by atoms with Gasteiger partial charge in [0, 0.05) is 25.7 Å². The highest BCUT2D eigenvalue weighted by atomic mass is 32.2. The number of hydrogen-bond donors (Lipinski definition) is 2. The number of amides is 1. The van der Waals surface area contributed by atoms with Gasteiger partial charge in [-0.3, -0.25) is 4.79 Å². The van der Waals surface area contributed by atoms with Gasteiger partial charge in [0.2, 0.25) is 15.9 Å². The van der Waals surface area contributed by atoms with Crippen LogP contribution in [0.5, 0.6) is 0 Å². The van der Waals surface area contributed by atoms with Crippen LogP contribution in [-0.2, 0) is 21.2 Å². The number of hydrogen-bond acceptors (Lipinski definition) is 4. The lowest BCUT2D eigenvalue weighted by atomic mass is 10.2. The molecule has 0 aliphatic carbocycles. The van der Waals surface area contributed by atoms with Gasteiger partial charge in [-0.15, -0.1) is 0 Å². The molecule has 116 valence electrons. The quantitative estimate of drug-likeness (QED) is 0.749. The molecule has 0 bridgehead atoms. The molecule has 1 aliphatic heterocycles. The van der Waals surface area contributed by atoms with E-state index in [0.717, 1.165) is 24.9 Å². The lowest BCUT2D eigenvalue weighted by Gasteiger charge is -2.15. The molecule has 1 aromatic rings. The predicted octanol–water partition coefficient (Wildman–Crippen LogP) is 0.483. The highest BCUT2D eigenvalue weighted by molar-refractivity contribution is 7.89. The Bertz CT molecular complexity index is 628. The van der Waals surface area contributed by atoms with Crippen molar-refractivity contribution in [3.05, 3.63) is 23.8 Å². The van der Waals surface area contributed by atoms with E-state index in [-0.39, 0.29) is 10.8 Å². The standard InChI is InChI=1S/C14H21N3O3S/c1-11(18)17-9-6-12-4-5-13(10-14(12)17)21(19,20)16-8-3-7-15-2/h4-5,10,15-16H,3,6-9H2,1-2H3. The fourth-order valence-corrected chi connectivity index (χ4v) is 3.50. The number of fused-ring (bicyclic) bond motifs is 1. The smallest absolute Gasteiger partial charge is 0.240 e. The van der Waals surface area contributed by atoms with Crippen molar-refractivity contribution >= 4 is 21.6 Å². The highest BCUT2D eigenvalue weighted by Crippen LogP contribution is 2.30. The normalized spacial score (nSPS) is 14.3. The van der Waals surface area contributed by atoms with Crippen molar-refractivity contribution in [2.24, 2.45) is 0 Å². The number of nitrogens with zero attached hydrogens (tertiary/aromatic N) is 1. The number of benzene rings is 1. The predicted molar refractivity (Wildman–Crippen MR) is 81.9 cm³/mol. The minimum absolute atomic E-state index is 0.0646. The zero-order valence-electron chi connectivity index (χ0n) is 12.3. The fourth-order valence-electron chi connectivity index (χ4n) is 2.41. The third kappa shape index (κ3) is 3.61. The van der Waals surface area contributed by atoms with Gasteiger partial charge in [-0.1, -0.05) is 6.07 Å². The second-order valence-electron chi connectivity index (χ2n) is 5.07. The van der Waals surface area contributed by atoms with Gasteiger partial charge in [-0.2, -0.15) is 0 Å². The van der Waals surface area contributed by atoms with E-state index in [4.69, 9.17) is 0 Å². The maximum absolute atomic E-state index is 12.2. The monoisotopic (exact) mass is 311 g/mol. The van der Waals surface area contributed by atoms with Crippen molar-refractivity contribution in [3.8, 4) is 0 Å². The zero-order chi connectivity index (χ0) is 15.5. The van der Waals surface area contributed by atoms with Gasteiger partial charge < -0.3 is 10.2 Å². The molecule has 2 rings (SSSR count). The summed E-state index contributed by atoms with van der Waals surface area (Å²) in [7, 11) is -1.70. The van der Waals surface area contributed by atoms with Crippen molar-refractivity contribution in [3.63, 3.8) is 0 Å². The van der Waals surface area contributed by atoms with E-state index in [1.165, 1.54) is 6.92 Å². The Labute approximate surface area is 125 Å². The second kappa shape index (κ2) is 6.55. The topological polar surface area (TPSA) is 78.5 Å². The third-order valence-corrected chi connectivity index (χ3v) is 5.00. The molecular weight excluding hydrogens is 290 g/mol. The minimum atomic E-state index is -3.53. The van der Waals surface area contributed by atoms with Crippen molar-refractivity contribution in [2.45, 2.75) is 24.7 Å². The Hall–Kier alpha value is -1.44. The summed E-state index contributed by atoms with van der Waals surface area (Å²) in [6, 6.07) is 4.98. The van der Waals surface area contributed by atoms with E-state index in [2.05, 4.69) is 10.0 Å². The van der Waals surface area contributed by atoms with Crippen molar-refractivity contribution in [2.75, 3.05) is 31.6 Å². The Morgan fingerprint density at radius 1 is 1.33 bits per heavy atom. The molecule has 0 atom stereocenters. The van der Waals surface area contributed by atoms with Crippen LogP contribution in [0.2, 0.25) is 0 Å². The lowest BCUT2D eigenvalue weighted by molar-refractivity contribution is -0.116. The van der Waals surface area contributed by atoms with Gasteiger partial charge >= 0.3 is 0 Å². The molecule has 1 aromatic carbocycles. The summed E-state index contributed by atoms with van der Waals surface area (Å²) in [5.41, 5.74) is 1.72. The van der Waals surface area contributed by atoms with Crippen molar-refractivity contribution < 1.29 is 13.2 Å². The van der Waals surface area contributed by atoms with Gasteiger partial charge in [-0.05, 0) is 44.1 Å². The third-order valence-electron chi connectivity index (χ3n) is 3.54. The Kier molecular flexibility index (Phi) is 4.97. The summed E-state index contributed by atoms with van der Waals surface area (Å²) in [5, 5.41) is 2.97. The molecule has 0 radical (unpaired) electrons. The van der Waals surface area contributed by atoms with Crippen LogP contribution in [0, 0.1) is 0 Å². The number of sulfonamides is 1. The van der Waals surface area contributed by atoms with E-state index in [1.807, 2.05) is 7.05 Å². The average molecular weight is 311 g/mol. The van der Waals surface area contributed by atoms with Crippen LogP contribution in [0.25, 0.3) is 0 Å². The van der Waals surface area contributed by atoms with Gasteiger partial charge in [0.1, 0.15) is 0 Å². The summed E-state index contributed by atoms with van der Waals surface area (Å²) >= 11 is 0. The number of nitrogens with one attached hydrogen (secondary N) is 2. The van der Waals surface area contributed by atoms with Gasteiger partial charge in [-0.25, -0.2) is 13.1 Å². The zero-order valence-corrected chi connectivity index (χ0v) is 13.2. The highest BCUT2D eigenvalue weighted by Gasteiger charge is 2.24. The second-order valence-corrected chi connectivity index (χ2v) is 6.83. The van der Waals surface area contributed by atoms with E-state index >= 15 is 0 Å². The van der Waals surface area contributed by atoms with Crippen LogP contribution in [0.3, 0.4) is 0 Å². The molecule has 1 aliphatic rings. The molecule has 6 nitrogen and oxygen atoms in total. The number of rotatable bonds is 6. The number of anilines is 1. The first-order valence-electron chi connectivity index (χ1n) is 7.01. The molecular formula is C14H21N3O3S. The molecule has 0 fully saturated rings. The number of carbonyl (C=O) groups excluding carboxylic acids is 1. The Balaban J connectivity index is 2.18.